The Morgan fingerprint density at radius 1 is 1.03 bits per heavy atom. The van der Waals surface area contributed by atoms with E-state index >= 15 is 0 Å². The lowest BCUT2D eigenvalue weighted by Gasteiger charge is -2.16. The first-order valence-electron chi connectivity index (χ1n) is 9.67. The third-order valence-electron chi connectivity index (χ3n) is 5.01. The number of rotatable bonds is 6. The summed E-state index contributed by atoms with van der Waals surface area (Å²) in [6, 6.07) is 18.6. The van der Waals surface area contributed by atoms with Crippen LogP contribution in [0.5, 0.6) is 0 Å². The molecule has 0 atom stereocenters. The van der Waals surface area contributed by atoms with Crippen LogP contribution in [0.4, 0.5) is 15.8 Å². The van der Waals surface area contributed by atoms with Gasteiger partial charge in [0.25, 0.3) is 5.91 Å². The minimum atomic E-state index is -0.948. The van der Waals surface area contributed by atoms with Crippen LogP contribution in [0.25, 0.3) is 11.3 Å². The van der Waals surface area contributed by atoms with E-state index in [0.717, 1.165) is 11.3 Å². The van der Waals surface area contributed by atoms with Crippen molar-refractivity contribution in [3.8, 4) is 0 Å². The van der Waals surface area contributed by atoms with Gasteiger partial charge in [-0.2, -0.15) is 0 Å². The summed E-state index contributed by atoms with van der Waals surface area (Å²) < 4.78 is 13.7. The molecule has 1 aliphatic rings. The molecule has 1 amide bonds. The summed E-state index contributed by atoms with van der Waals surface area (Å²) in [6.07, 6.45) is -0.143. The maximum Gasteiger partial charge on any atom is 0.307 e. The number of carbonyl (C=O) groups excluding carboxylic acids is 1. The summed E-state index contributed by atoms with van der Waals surface area (Å²) in [7, 11) is 0. The minimum absolute atomic E-state index is 0.143. The van der Waals surface area contributed by atoms with Crippen molar-refractivity contribution in [1.29, 1.82) is 0 Å². The lowest BCUT2D eigenvalue weighted by atomic mass is 9.98. The smallest absolute Gasteiger partial charge is 0.307 e. The lowest BCUT2D eigenvalue weighted by molar-refractivity contribution is -0.136. The van der Waals surface area contributed by atoms with E-state index in [4.69, 9.17) is 10.8 Å². The number of aliphatic carboxylic acids is 1. The molecule has 0 aliphatic carbocycles. The van der Waals surface area contributed by atoms with Crippen LogP contribution in [0.15, 0.2) is 66.7 Å². The molecular formula is C24H20FN3O3. The fraction of sp³-hybridized carbons (Fsp3) is 0.0833. The third-order valence-corrected chi connectivity index (χ3v) is 5.01. The molecule has 0 fully saturated rings. The molecule has 1 aliphatic heterocycles. The first kappa shape index (κ1) is 20.3. The highest BCUT2D eigenvalue weighted by Gasteiger charge is 2.29. The first-order valence-corrected chi connectivity index (χ1v) is 9.67. The second kappa shape index (κ2) is 8.41. The van der Waals surface area contributed by atoms with Gasteiger partial charge in [0, 0.05) is 17.8 Å². The van der Waals surface area contributed by atoms with Crippen LogP contribution in [0.2, 0.25) is 0 Å². The molecule has 0 saturated carbocycles. The Morgan fingerprint density at radius 3 is 2.52 bits per heavy atom. The van der Waals surface area contributed by atoms with E-state index in [2.05, 4.69) is 10.6 Å². The van der Waals surface area contributed by atoms with Crippen LogP contribution < -0.4 is 16.4 Å². The quantitative estimate of drug-likeness (QED) is 0.456. The highest BCUT2D eigenvalue weighted by Crippen LogP contribution is 2.38. The van der Waals surface area contributed by atoms with Crippen LogP contribution >= 0.6 is 0 Å². The molecule has 31 heavy (non-hydrogen) atoms. The van der Waals surface area contributed by atoms with Gasteiger partial charge in [-0.15, -0.1) is 0 Å². The molecule has 6 nitrogen and oxygen atoms in total. The number of anilines is 2. The van der Waals surface area contributed by atoms with Gasteiger partial charge in [0.05, 0.1) is 23.4 Å². The molecule has 0 bridgehead atoms. The molecule has 5 N–H and O–H groups in total. The molecule has 4 rings (SSSR count). The van der Waals surface area contributed by atoms with Crippen LogP contribution in [0.1, 0.15) is 22.3 Å². The average Bonchev–Trinajstić information content (AvgIpc) is 3.06. The number of amides is 1. The van der Waals surface area contributed by atoms with E-state index < -0.39 is 11.8 Å². The number of nitrogens with two attached hydrogens (primary N) is 1. The van der Waals surface area contributed by atoms with E-state index in [1.807, 2.05) is 24.3 Å². The summed E-state index contributed by atoms with van der Waals surface area (Å²) >= 11 is 0. The maximum atomic E-state index is 13.7. The van der Waals surface area contributed by atoms with E-state index in [0.29, 0.717) is 40.2 Å². The van der Waals surface area contributed by atoms with Crippen molar-refractivity contribution in [2.45, 2.75) is 13.0 Å². The number of carbonyl (C=O) groups is 2. The number of benzene rings is 3. The van der Waals surface area contributed by atoms with Gasteiger partial charge in [0.1, 0.15) is 5.82 Å². The second-order valence-corrected chi connectivity index (χ2v) is 7.19. The SMILES string of the molecule is NCc1ccc(NC(=C2C(=O)Nc3cc(F)ccc32)c2cccc(CC(=O)O)c2)cc1. The van der Waals surface area contributed by atoms with Gasteiger partial charge in [-0.05, 0) is 53.1 Å². The summed E-state index contributed by atoms with van der Waals surface area (Å²) in [5.41, 5.74) is 10.4. The standard InChI is InChI=1S/C24H20FN3O3/c25-17-6-9-19-20(12-17)28-24(31)22(19)23(27-18-7-4-14(13-26)5-8-18)16-3-1-2-15(10-16)11-21(29)30/h1-10,12,27H,11,13,26H2,(H,28,31)(H,29,30). The predicted octanol–water partition coefficient (Wildman–Crippen LogP) is 3.84. The number of hydrogen-bond donors (Lipinski definition) is 4. The van der Waals surface area contributed by atoms with Gasteiger partial charge in [-0.3, -0.25) is 9.59 Å². The average molecular weight is 417 g/mol. The zero-order valence-electron chi connectivity index (χ0n) is 16.5. The zero-order chi connectivity index (χ0) is 22.0. The topological polar surface area (TPSA) is 104 Å². The summed E-state index contributed by atoms with van der Waals surface area (Å²) in [6.45, 7) is 0.410. The van der Waals surface area contributed by atoms with Crippen molar-refractivity contribution in [2.75, 3.05) is 10.6 Å². The normalized spacial score (nSPS) is 14.1. The molecule has 0 saturated heterocycles. The van der Waals surface area contributed by atoms with Gasteiger partial charge < -0.3 is 21.5 Å². The zero-order valence-corrected chi connectivity index (χ0v) is 16.5. The van der Waals surface area contributed by atoms with Gasteiger partial charge in [-0.25, -0.2) is 4.39 Å². The van der Waals surface area contributed by atoms with Crippen molar-refractivity contribution in [2.24, 2.45) is 5.73 Å². The van der Waals surface area contributed by atoms with Crippen molar-refractivity contribution >= 4 is 34.5 Å². The summed E-state index contributed by atoms with van der Waals surface area (Å²) in [4.78, 5) is 24.0. The Hall–Kier alpha value is -3.97. The predicted molar refractivity (Wildman–Crippen MR) is 118 cm³/mol. The highest BCUT2D eigenvalue weighted by atomic mass is 19.1. The lowest BCUT2D eigenvalue weighted by Crippen LogP contribution is -2.10. The first-order chi connectivity index (χ1) is 14.9. The number of hydrogen-bond acceptors (Lipinski definition) is 4. The Labute approximate surface area is 178 Å². The number of fused-ring (bicyclic) bond motifs is 1. The largest absolute Gasteiger partial charge is 0.481 e. The van der Waals surface area contributed by atoms with Gasteiger partial charge in [-0.1, -0.05) is 30.3 Å². The Kier molecular flexibility index (Phi) is 5.51. The molecule has 0 spiro atoms. The van der Waals surface area contributed by atoms with Gasteiger partial charge in [0.15, 0.2) is 0 Å². The van der Waals surface area contributed by atoms with Crippen molar-refractivity contribution in [3.05, 3.63) is 94.8 Å². The second-order valence-electron chi connectivity index (χ2n) is 7.19. The van der Waals surface area contributed by atoms with Crippen molar-refractivity contribution in [3.63, 3.8) is 0 Å². The Bertz CT molecular complexity index is 1200. The molecule has 3 aromatic rings. The maximum absolute atomic E-state index is 13.7. The molecule has 3 aromatic carbocycles. The molecule has 0 radical (unpaired) electrons. The van der Waals surface area contributed by atoms with Gasteiger partial charge >= 0.3 is 5.97 Å². The van der Waals surface area contributed by atoms with E-state index in [1.54, 1.807) is 30.3 Å². The number of nitrogens with one attached hydrogen (secondary N) is 2. The highest BCUT2D eigenvalue weighted by molar-refractivity contribution is 6.37. The van der Waals surface area contributed by atoms with Crippen molar-refractivity contribution in [1.82, 2.24) is 0 Å². The molecular weight excluding hydrogens is 397 g/mol. The van der Waals surface area contributed by atoms with Crippen LogP contribution in [0.3, 0.4) is 0 Å². The summed E-state index contributed by atoms with van der Waals surface area (Å²) in [5, 5.41) is 15.1. The molecule has 0 aromatic heterocycles. The fourth-order valence-corrected chi connectivity index (χ4v) is 3.55. The summed E-state index contributed by atoms with van der Waals surface area (Å²) in [5.74, 6) is -1.77. The number of carboxylic acids is 1. The van der Waals surface area contributed by atoms with E-state index in [-0.39, 0.29) is 12.3 Å². The van der Waals surface area contributed by atoms with Gasteiger partial charge in [0.2, 0.25) is 0 Å². The number of halogens is 1. The monoisotopic (exact) mass is 417 g/mol. The van der Waals surface area contributed by atoms with Crippen LogP contribution in [-0.4, -0.2) is 17.0 Å². The van der Waals surface area contributed by atoms with Crippen LogP contribution in [-0.2, 0) is 22.6 Å². The van der Waals surface area contributed by atoms with E-state index in [1.165, 1.54) is 12.1 Å². The minimum Gasteiger partial charge on any atom is -0.481 e. The molecule has 1 heterocycles. The molecule has 156 valence electrons. The third kappa shape index (κ3) is 4.31. The van der Waals surface area contributed by atoms with E-state index in [9.17, 15) is 14.0 Å². The number of carboxylic acid groups (broad SMARTS) is 1. The Balaban J connectivity index is 1.87. The van der Waals surface area contributed by atoms with Crippen molar-refractivity contribution < 1.29 is 19.1 Å². The molecule has 7 heteroatoms. The fourth-order valence-electron chi connectivity index (χ4n) is 3.55. The Morgan fingerprint density at radius 2 is 1.81 bits per heavy atom. The molecule has 0 unspecified atom stereocenters. The van der Waals surface area contributed by atoms with Crippen LogP contribution in [0, 0.1) is 5.82 Å².